The zero-order valence-electron chi connectivity index (χ0n) is 17.5. The highest BCUT2D eigenvalue weighted by Crippen LogP contribution is 2.30. The number of fused-ring (bicyclic) bond motifs is 1. The number of aromatic nitrogens is 2. The number of nitrogens with one attached hydrogen (secondary N) is 1. The van der Waals surface area contributed by atoms with E-state index < -0.39 is 11.5 Å². The van der Waals surface area contributed by atoms with Crippen LogP contribution in [0, 0.1) is 0 Å². The van der Waals surface area contributed by atoms with E-state index in [4.69, 9.17) is 18.6 Å². The lowest BCUT2D eigenvalue weighted by Gasteiger charge is -2.11. The molecule has 0 aliphatic rings. The van der Waals surface area contributed by atoms with Gasteiger partial charge in [-0.05, 0) is 29.8 Å². The van der Waals surface area contributed by atoms with Crippen molar-refractivity contribution < 1.29 is 23.4 Å². The number of anilines is 1. The number of rotatable bonds is 6. The van der Waals surface area contributed by atoms with Crippen LogP contribution in [-0.2, 0) is 0 Å². The number of carbonyl (C=O) groups is 1. The van der Waals surface area contributed by atoms with E-state index in [2.05, 4.69) is 15.3 Å². The summed E-state index contributed by atoms with van der Waals surface area (Å²) in [4.78, 5) is 33.5. The molecule has 0 saturated heterocycles. The number of hydrogen-bond donors (Lipinski definition) is 1. The van der Waals surface area contributed by atoms with Gasteiger partial charge in [0.05, 0.1) is 26.9 Å². The third-order valence-electron chi connectivity index (χ3n) is 4.73. The largest absolute Gasteiger partial charge is 0.493 e. The summed E-state index contributed by atoms with van der Waals surface area (Å²) in [6, 6.07) is 13.8. The first kappa shape index (κ1) is 20.9. The quantitative estimate of drug-likeness (QED) is 0.460. The predicted octanol–water partition coefficient (Wildman–Crippen LogP) is 3.53. The number of ether oxygens (including phenoxy) is 3. The van der Waals surface area contributed by atoms with Gasteiger partial charge in [0.2, 0.25) is 5.88 Å². The van der Waals surface area contributed by atoms with Gasteiger partial charge in [-0.15, -0.1) is 0 Å². The SMILES string of the molecule is COc1ncc(-c2cccc(NC(=O)c3cc4cccc(OC)c4oc3=O)c2)c(OC)n1. The molecule has 0 unspecified atom stereocenters. The Morgan fingerprint density at radius 1 is 1.00 bits per heavy atom. The van der Waals surface area contributed by atoms with E-state index >= 15 is 0 Å². The molecule has 0 spiro atoms. The third kappa shape index (κ3) is 3.95. The average Bonchev–Trinajstić information content (AvgIpc) is 2.82. The number of carbonyl (C=O) groups excluding carboxylic acids is 1. The first-order valence-corrected chi connectivity index (χ1v) is 9.51. The van der Waals surface area contributed by atoms with Gasteiger partial charge in [0.25, 0.3) is 5.91 Å². The molecule has 2 heterocycles. The summed E-state index contributed by atoms with van der Waals surface area (Å²) in [5.74, 6) is 0.137. The second-order valence-corrected chi connectivity index (χ2v) is 6.64. The normalized spacial score (nSPS) is 10.6. The van der Waals surface area contributed by atoms with Crippen LogP contribution in [0.3, 0.4) is 0 Å². The molecular weight excluding hydrogens is 414 g/mol. The Morgan fingerprint density at radius 3 is 2.56 bits per heavy atom. The summed E-state index contributed by atoms with van der Waals surface area (Å²) >= 11 is 0. The zero-order valence-corrected chi connectivity index (χ0v) is 17.5. The van der Waals surface area contributed by atoms with Crippen molar-refractivity contribution in [1.82, 2.24) is 9.97 Å². The molecule has 0 radical (unpaired) electrons. The average molecular weight is 433 g/mol. The summed E-state index contributed by atoms with van der Waals surface area (Å²) in [6.45, 7) is 0. The fourth-order valence-electron chi connectivity index (χ4n) is 3.20. The van der Waals surface area contributed by atoms with Crippen molar-refractivity contribution in [3.63, 3.8) is 0 Å². The summed E-state index contributed by atoms with van der Waals surface area (Å²) < 4.78 is 20.9. The van der Waals surface area contributed by atoms with E-state index in [0.717, 1.165) is 0 Å². The van der Waals surface area contributed by atoms with Crippen LogP contribution in [-0.4, -0.2) is 37.2 Å². The van der Waals surface area contributed by atoms with Crippen LogP contribution in [0.2, 0.25) is 0 Å². The second kappa shape index (κ2) is 8.76. The maximum absolute atomic E-state index is 12.8. The first-order valence-electron chi connectivity index (χ1n) is 9.51. The lowest BCUT2D eigenvalue weighted by atomic mass is 10.1. The highest BCUT2D eigenvalue weighted by atomic mass is 16.5. The number of amides is 1. The van der Waals surface area contributed by atoms with Crippen molar-refractivity contribution in [1.29, 1.82) is 0 Å². The van der Waals surface area contributed by atoms with Crippen molar-refractivity contribution >= 4 is 22.6 Å². The minimum atomic E-state index is -0.763. The van der Waals surface area contributed by atoms with Crippen LogP contribution in [0.5, 0.6) is 17.6 Å². The van der Waals surface area contributed by atoms with Crippen LogP contribution >= 0.6 is 0 Å². The van der Waals surface area contributed by atoms with Gasteiger partial charge in [-0.1, -0.05) is 24.3 Å². The summed E-state index contributed by atoms with van der Waals surface area (Å²) in [6.07, 6.45) is 1.57. The van der Waals surface area contributed by atoms with E-state index in [1.165, 1.54) is 27.4 Å². The lowest BCUT2D eigenvalue weighted by Crippen LogP contribution is -2.20. The monoisotopic (exact) mass is 433 g/mol. The molecule has 1 N–H and O–H groups in total. The standard InChI is InChI=1S/C23H19N3O6/c1-29-18-9-5-7-14-11-16(22(28)32-19(14)18)20(27)25-15-8-4-6-13(10-15)17-12-24-23(31-3)26-21(17)30-2/h4-12H,1-3H3,(H,25,27). The number of benzene rings is 2. The lowest BCUT2D eigenvalue weighted by molar-refractivity contribution is 0.102. The maximum atomic E-state index is 12.8. The molecule has 0 aliphatic carbocycles. The van der Waals surface area contributed by atoms with Gasteiger partial charge in [-0.2, -0.15) is 4.98 Å². The second-order valence-electron chi connectivity index (χ2n) is 6.64. The number of nitrogens with zero attached hydrogens (tertiary/aromatic N) is 2. The molecule has 4 aromatic rings. The molecule has 162 valence electrons. The smallest absolute Gasteiger partial charge is 0.349 e. The highest BCUT2D eigenvalue weighted by molar-refractivity contribution is 6.06. The molecule has 1 amide bonds. The Morgan fingerprint density at radius 2 is 1.81 bits per heavy atom. The maximum Gasteiger partial charge on any atom is 0.349 e. The van der Waals surface area contributed by atoms with E-state index in [9.17, 15) is 9.59 Å². The van der Waals surface area contributed by atoms with Gasteiger partial charge in [0, 0.05) is 17.3 Å². The van der Waals surface area contributed by atoms with Crippen molar-refractivity contribution in [2.45, 2.75) is 0 Å². The van der Waals surface area contributed by atoms with E-state index in [-0.39, 0.29) is 17.2 Å². The number of para-hydroxylation sites is 1. The molecule has 2 aromatic carbocycles. The number of hydrogen-bond acceptors (Lipinski definition) is 8. The molecular formula is C23H19N3O6. The van der Waals surface area contributed by atoms with Gasteiger partial charge in [-0.3, -0.25) is 4.79 Å². The van der Waals surface area contributed by atoms with Crippen LogP contribution < -0.4 is 25.2 Å². The summed E-state index contributed by atoms with van der Waals surface area (Å²) in [5, 5.41) is 3.30. The van der Waals surface area contributed by atoms with Crippen molar-refractivity contribution in [3.8, 4) is 28.8 Å². The molecule has 9 heteroatoms. The Bertz CT molecular complexity index is 1370. The van der Waals surface area contributed by atoms with Gasteiger partial charge >= 0.3 is 11.6 Å². The Hall–Kier alpha value is -4.40. The predicted molar refractivity (Wildman–Crippen MR) is 118 cm³/mol. The van der Waals surface area contributed by atoms with Gasteiger partial charge in [0.1, 0.15) is 5.56 Å². The fraction of sp³-hybridized carbons (Fsp3) is 0.130. The Labute approximate surface area is 182 Å². The molecule has 2 aromatic heterocycles. The van der Waals surface area contributed by atoms with E-state index in [1.807, 2.05) is 6.07 Å². The molecule has 0 aliphatic heterocycles. The van der Waals surface area contributed by atoms with Crippen molar-refractivity contribution in [2.24, 2.45) is 0 Å². The number of methoxy groups -OCH3 is 3. The minimum absolute atomic E-state index is 0.124. The highest BCUT2D eigenvalue weighted by Gasteiger charge is 2.17. The summed E-state index contributed by atoms with van der Waals surface area (Å²) in [5.41, 5.74) is 1.18. The first-order chi connectivity index (χ1) is 15.5. The Balaban J connectivity index is 1.65. The molecule has 0 atom stereocenters. The molecule has 4 rings (SSSR count). The van der Waals surface area contributed by atoms with Crippen LogP contribution in [0.15, 0.2) is 63.9 Å². The van der Waals surface area contributed by atoms with Gasteiger partial charge in [0.15, 0.2) is 11.3 Å². The van der Waals surface area contributed by atoms with Crippen molar-refractivity contribution in [2.75, 3.05) is 26.6 Å². The topological polar surface area (TPSA) is 113 Å². The molecule has 0 saturated carbocycles. The molecule has 32 heavy (non-hydrogen) atoms. The van der Waals surface area contributed by atoms with E-state index in [0.29, 0.717) is 33.8 Å². The summed E-state index contributed by atoms with van der Waals surface area (Å²) in [7, 11) is 4.43. The zero-order chi connectivity index (χ0) is 22.7. The molecule has 0 fully saturated rings. The molecule has 9 nitrogen and oxygen atoms in total. The van der Waals surface area contributed by atoms with Crippen molar-refractivity contribution in [3.05, 3.63) is 70.7 Å². The fourth-order valence-corrected chi connectivity index (χ4v) is 3.20. The van der Waals surface area contributed by atoms with Crippen LogP contribution in [0.25, 0.3) is 22.1 Å². The van der Waals surface area contributed by atoms with Crippen LogP contribution in [0.1, 0.15) is 10.4 Å². The molecule has 0 bridgehead atoms. The van der Waals surface area contributed by atoms with E-state index in [1.54, 1.807) is 42.6 Å². The van der Waals surface area contributed by atoms with Gasteiger partial charge < -0.3 is 23.9 Å². The third-order valence-corrected chi connectivity index (χ3v) is 4.73. The Kier molecular flexibility index (Phi) is 5.71. The van der Waals surface area contributed by atoms with Gasteiger partial charge in [-0.25, -0.2) is 9.78 Å². The minimum Gasteiger partial charge on any atom is -0.493 e. The van der Waals surface area contributed by atoms with Crippen LogP contribution in [0.4, 0.5) is 5.69 Å².